The van der Waals surface area contributed by atoms with Crippen molar-refractivity contribution in [3.8, 4) is 0 Å². The fourth-order valence-electron chi connectivity index (χ4n) is 3.10. The number of benzene rings is 1. The van der Waals surface area contributed by atoms with Crippen molar-refractivity contribution in [2.75, 3.05) is 13.2 Å². The second kappa shape index (κ2) is 10.5. The van der Waals surface area contributed by atoms with Gasteiger partial charge in [-0.3, -0.25) is 19.0 Å². The van der Waals surface area contributed by atoms with E-state index in [1.807, 2.05) is 0 Å². The number of halogens is 1. The van der Waals surface area contributed by atoms with Gasteiger partial charge in [0.15, 0.2) is 5.65 Å². The quantitative estimate of drug-likeness (QED) is 0.491. The van der Waals surface area contributed by atoms with Crippen molar-refractivity contribution >= 4 is 22.9 Å². The first-order valence-electron chi connectivity index (χ1n) is 10.1. The molecule has 0 radical (unpaired) electrons. The number of carbonyl (C=O) groups is 2. The van der Waals surface area contributed by atoms with Crippen LogP contribution in [0.5, 0.6) is 0 Å². The summed E-state index contributed by atoms with van der Waals surface area (Å²) in [7, 11) is 0. The van der Waals surface area contributed by atoms with Crippen LogP contribution in [0.4, 0.5) is 4.39 Å². The predicted octanol–water partition coefficient (Wildman–Crippen LogP) is 1.63. The molecule has 1 aromatic carbocycles. The summed E-state index contributed by atoms with van der Waals surface area (Å²) in [6.45, 7) is 2.76. The molecule has 0 aliphatic heterocycles. The zero-order valence-corrected chi connectivity index (χ0v) is 17.2. The molecule has 9 nitrogen and oxygen atoms in total. The summed E-state index contributed by atoms with van der Waals surface area (Å²) in [6, 6.07) is 6.26. The molecular weight excluding hydrogens is 405 g/mol. The molecule has 0 atom stereocenters. The molecule has 3 aromatic rings. The van der Waals surface area contributed by atoms with E-state index in [1.165, 1.54) is 27.8 Å². The lowest BCUT2D eigenvalue weighted by Crippen LogP contribution is -2.27. The Labute approximate surface area is 177 Å². The Balaban J connectivity index is 1.56. The molecule has 1 amide bonds. The summed E-state index contributed by atoms with van der Waals surface area (Å²) in [5.41, 5.74) is 0.470. The number of nitrogens with zero attached hydrogens (tertiary/aromatic N) is 4. The van der Waals surface area contributed by atoms with Gasteiger partial charge in [-0.15, -0.1) is 0 Å². The minimum atomic E-state index is -0.386. The summed E-state index contributed by atoms with van der Waals surface area (Å²) in [5.74, 6) is -0.880. The summed E-state index contributed by atoms with van der Waals surface area (Å²) < 4.78 is 21.6. The van der Waals surface area contributed by atoms with Gasteiger partial charge in [-0.05, 0) is 19.4 Å². The van der Waals surface area contributed by atoms with Gasteiger partial charge in [0.25, 0.3) is 5.56 Å². The molecule has 3 rings (SSSR count). The molecule has 0 unspecified atom stereocenters. The first kappa shape index (κ1) is 22.1. The molecule has 1 N–H and O–H groups in total. The highest BCUT2D eigenvalue weighted by atomic mass is 19.1. The number of rotatable bonds is 10. The highest BCUT2D eigenvalue weighted by molar-refractivity contribution is 5.77. The van der Waals surface area contributed by atoms with E-state index in [2.05, 4.69) is 15.4 Å². The molecule has 0 saturated heterocycles. The standard InChI is InChI=1S/C21H24FN5O4/c1-2-31-19(29)9-5-8-18(28)23-10-11-27-20-16(12-25-27)21(30)26(14-24-20)13-15-6-3-4-7-17(15)22/h3-4,6-7,12,14H,2,5,8-11,13H2,1H3,(H,23,28). The van der Waals surface area contributed by atoms with Crippen LogP contribution >= 0.6 is 0 Å². The average Bonchev–Trinajstić information content (AvgIpc) is 3.15. The molecule has 0 bridgehead atoms. The van der Waals surface area contributed by atoms with Crippen molar-refractivity contribution in [2.24, 2.45) is 0 Å². The maximum Gasteiger partial charge on any atom is 0.305 e. The molecule has 2 aromatic heterocycles. The smallest absolute Gasteiger partial charge is 0.305 e. The molecule has 31 heavy (non-hydrogen) atoms. The van der Waals surface area contributed by atoms with Crippen LogP contribution in [-0.4, -0.2) is 44.4 Å². The van der Waals surface area contributed by atoms with Crippen molar-refractivity contribution in [3.05, 3.63) is 58.5 Å². The summed E-state index contributed by atoms with van der Waals surface area (Å²) in [4.78, 5) is 40.1. The van der Waals surface area contributed by atoms with Crippen LogP contribution in [0.3, 0.4) is 0 Å². The van der Waals surface area contributed by atoms with Gasteiger partial charge < -0.3 is 10.1 Å². The van der Waals surface area contributed by atoms with Gasteiger partial charge in [0.1, 0.15) is 17.5 Å². The number of ether oxygens (including phenoxy) is 1. The lowest BCUT2D eigenvalue weighted by Gasteiger charge is -2.08. The topological polar surface area (TPSA) is 108 Å². The summed E-state index contributed by atoms with van der Waals surface area (Å²) in [6.07, 6.45) is 3.62. The Hall–Kier alpha value is -3.56. The van der Waals surface area contributed by atoms with Crippen LogP contribution < -0.4 is 10.9 Å². The van der Waals surface area contributed by atoms with Crippen molar-refractivity contribution in [3.63, 3.8) is 0 Å². The SMILES string of the molecule is CCOC(=O)CCCC(=O)NCCn1ncc2c(=O)n(Cc3ccccc3F)cnc21. The van der Waals surface area contributed by atoms with Gasteiger partial charge in [0.2, 0.25) is 5.91 Å². The maximum absolute atomic E-state index is 13.9. The van der Waals surface area contributed by atoms with Crippen molar-refractivity contribution in [2.45, 2.75) is 39.3 Å². The van der Waals surface area contributed by atoms with Crippen LogP contribution in [0.25, 0.3) is 11.0 Å². The van der Waals surface area contributed by atoms with Crippen LogP contribution in [0.2, 0.25) is 0 Å². The fraction of sp³-hybridized carbons (Fsp3) is 0.381. The minimum absolute atomic E-state index is 0.0709. The molecule has 10 heteroatoms. The largest absolute Gasteiger partial charge is 0.466 e. The fourth-order valence-corrected chi connectivity index (χ4v) is 3.10. The Morgan fingerprint density at radius 1 is 1.23 bits per heavy atom. The van der Waals surface area contributed by atoms with Crippen LogP contribution in [0, 0.1) is 5.82 Å². The van der Waals surface area contributed by atoms with Gasteiger partial charge in [0, 0.05) is 24.9 Å². The normalized spacial score (nSPS) is 10.9. The second-order valence-corrected chi connectivity index (χ2v) is 6.88. The second-order valence-electron chi connectivity index (χ2n) is 6.88. The van der Waals surface area contributed by atoms with Gasteiger partial charge in [-0.2, -0.15) is 5.10 Å². The first-order valence-corrected chi connectivity index (χ1v) is 10.1. The van der Waals surface area contributed by atoms with Crippen LogP contribution in [0.1, 0.15) is 31.7 Å². The van der Waals surface area contributed by atoms with E-state index >= 15 is 0 Å². The number of nitrogens with one attached hydrogen (secondary N) is 1. The van der Waals surface area contributed by atoms with Crippen molar-refractivity contribution < 1.29 is 18.7 Å². The Morgan fingerprint density at radius 3 is 2.81 bits per heavy atom. The first-order chi connectivity index (χ1) is 15.0. The molecule has 164 valence electrons. The lowest BCUT2D eigenvalue weighted by atomic mass is 10.2. The van der Waals surface area contributed by atoms with Gasteiger partial charge >= 0.3 is 5.97 Å². The van der Waals surface area contributed by atoms with E-state index < -0.39 is 0 Å². The molecule has 0 spiro atoms. The van der Waals surface area contributed by atoms with Gasteiger partial charge in [-0.1, -0.05) is 18.2 Å². The molecule has 0 aliphatic carbocycles. The highest BCUT2D eigenvalue weighted by Gasteiger charge is 2.12. The molecule has 0 fully saturated rings. The highest BCUT2D eigenvalue weighted by Crippen LogP contribution is 2.09. The maximum atomic E-state index is 13.9. The number of aromatic nitrogens is 4. The Bertz CT molecular complexity index is 1120. The molecule has 2 heterocycles. The van der Waals surface area contributed by atoms with Crippen LogP contribution in [0.15, 0.2) is 41.6 Å². The van der Waals surface area contributed by atoms with E-state index in [4.69, 9.17) is 4.74 Å². The van der Waals surface area contributed by atoms with Gasteiger partial charge in [-0.25, -0.2) is 14.1 Å². The van der Waals surface area contributed by atoms with Crippen molar-refractivity contribution in [1.29, 1.82) is 0 Å². The zero-order chi connectivity index (χ0) is 22.2. The predicted molar refractivity (Wildman–Crippen MR) is 111 cm³/mol. The van der Waals surface area contributed by atoms with E-state index in [9.17, 15) is 18.8 Å². The van der Waals surface area contributed by atoms with E-state index in [0.29, 0.717) is 42.7 Å². The third-order valence-corrected chi connectivity index (χ3v) is 4.66. The zero-order valence-electron chi connectivity index (χ0n) is 17.2. The lowest BCUT2D eigenvalue weighted by molar-refractivity contribution is -0.143. The van der Waals surface area contributed by atoms with Crippen molar-refractivity contribution in [1.82, 2.24) is 24.6 Å². The van der Waals surface area contributed by atoms with E-state index in [-0.39, 0.29) is 42.6 Å². The molecule has 0 saturated carbocycles. The number of esters is 1. The number of hydrogen-bond donors (Lipinski definition) is 1. The van der Waals surface area contributed by atoms with Gasteiger partial charge in [0.05, 0.1) is 25.9 Å². The van der Waals surface area contributed by atoms with E-state index in [0.717, 1.165) is 0 Å². The third-order valence-electron chi connectivity index (χ3n) is 4.66. The minimum Gasteiger partial charge on any atom is -0.466 e. The number of carbonyl (C=O) groups excluding carboxylic acids is 2. The Kier molecular flexibility index (Phi) is 7.47. The number of fused-ring (bicyclic) bond motifs is 1. The third kappa shape index (κ3) is 5.74. The Morgan fingerprint density at radius 2 is 2.03 bits per heavy atom. The summed E-state index contributed by atoms with van der Waals surface area (Å²) >= 11 is 0. The number of hydrogen-bond acceptors (Lipinski definition) is 6. The monoisotopic (exact) mass is 429 g/mol. The van der Waals surface area contributed by atoms with E-state index in [1.54, 1.807) is 25.1 Å². The summed E-state index contributed by atoms with van der Waals surface area (Å²) in [5, 5.41) is 7.25. The average molecular weight is 429 g/mol. The molecular formula is C21H24FN5O4. The molecule has 0 aliphatic rings. The number of amides is 1. The van der Waals surface area contributed by atoms with Crippen LogP contribution in [-0.2, 0) is 27.4 Å².